The summed E-state index contributed by atoms with van der Waals surface area (Å²) in [7, 11) is 0.557. The molecule has 3 saturated carbocycles. The lowest BCUT2D eigenvalue weighted by atomic mass is 9.55. The second-order valence-electron chi connectivity index (χ2n) is 8.22. The first-order valence-electron chi connectivity index (χ1n) is 9.79. The molecular weight excluding hydrogens is 288 g/mol. The van der Waals surface area contributed by atoms with Gasteiger partial charge in [-0.15, -0.1) is 0 Å². The topological polar surface area (TPSA) is 26.3 Å². The van der Waals surface area contributed by atoms with Gasteiger partial charge in [-0.25, -0.2) is 0 Å². The Morgan fingerprint density at radius 3 is 1.73 bits per heavy atom. The number of carbonyl (C=O) groups excluding carboxylic acids is 1. The van der Waals surface area contributed by atoms with Gasteiger partial charge >= 0.3 is 0 Å². The Hall–Kier alpha value is -0.313. The van der Waals surface area contributed by atoms with E-state index in [-0.39, 0.29) is 11.4 Å². The monoisotopic (exact) mass is 322 g/mol. The minimum atomic E-state index is -0.135. The van der Waals surface area contributed by atoms with Crippen LogP contribution < -0.4 is 0 Å². The van der Waals surface area contributed by atoms with E-state index in [4.69, 9.17) is 4.43 Å². The Morgan fingerprint density at radius 1 is 0.909 bits per heavy atom. The largest absolute Gasteiger partial charge is 0.528 e. The molecule has 0 aromatic heterocycles. The lowest BCUT2D eigenvalue weighted by Gasteiger charge is -2.48. The summed E-state index contributed by atoms with van der Waals surface area (Å²) in [6, 6.07) is 0. The maximum absolute atomic E-state index is 13.2. The highest BCUT2D eigenvalue weighted by atomic mass is 28.2. The van der Waals surface area contributed by atoms with Crippen LogP contribution in [-0.4, -0.2) is 16.5 Å². The van der Waals surface area contributed by atoms with E-state index in [9.17, 15) is 4.79 Å². The van der Waals surface area contributed by atoms with Gasteiger partial charge in [0.1, 0.15) is 0 Å². The fourth-order valence-electron chi connectivity index (χ4n) is 6.43. The van der Waals surface area contributed by atoms with Crippen LogP contribution >= 0.6 is 0 Å². The van der Waals surface area contributed by atoms with Gasteiger partial charge in [0, 0.05) is 0 Å². The summed E-state index contributed by atoms with van der Waals surface area (Å²) in [5.41, 5.74) is -0.135. The molecule has 3 rings (SSSR count). The molecule has 3 heteroatoms. The van der Waals surface area contributed by atoms with Gasteiger partial charge in [0.05, 0.1) is 5.41 Å². The van der Waals surface area contributed by atoms with Crippen molar-refractivity contribution >= 4 is 16.5 Å². The first-order chi connectivity index (χ1) is 10.7. The molecule has 0 heterocycles. The molecule has 0 N–H and O–H groups in total. The SMILES string of the molecule is CC(C1CCCC1)C(C(=O)O[SiH3])(C1CCCC1)C1CCCC1. The summed E-state index contributed by atoms with van der Waals surface area (Å²) >= 11 is 0. The Bertz CT molecular complexity index is 361. The van der Waals surface area contributed by atoms with Crippen molar-refractivity contribution in [2.45, 2.75) is 84.0 Å². The van der Waals surface area contributed by atoms with Gasteiger partial charge in [-0.05, 0) is 49.4 Å². The molecule has 1 atom stereocenters. The molecule has 0 radical (unpaired) electrons. The third-order valence-corrected chi connectivity index (χ3v) is 7.83. The average molecular weight is 323 g/mol. The predicted octanol–water partition coefficient (Wildman–Crippen LogP) is 4.00. The molecule has 3 aliphatic rings. The van der Waals surface area contributed by atoms with Crippen LogP contribution in [0.15, 0.2) is 0 Å². The van der Waals surface area contributed by atoms with Crippen molar-refractivity contribution in [3.05, 3.63) is 0 Å². The van der Waals surface area contributed by atoms with Gasteiger partial charge in [0.2, 0.25) is 10.5 Å². The van der Waals surface area contributed by atoms with Gasteiger partial charge in [0.25, 0.3) is 5.97 Å². The molecule has 0 aliphatic heterocycles. The Balaban J connectivity index is 1.97. The summed E-state index contributed by atoms with van der Waals surface area (Å²) in [5, 5.41) is 0. The van der Waals surface area contributed by atoms with Crippen molar-refractivity contribution in [1.29, 1.82) is 0 Å². The summed E-state index contributed by atoms with van der Waals surface area (Å²) in [6.07, 6.45) is 15.8. The van der Waals surface area contributed by atoms with Crippen LogP contribution in [-0.2, 0) is 9.22 Å². The van der Waals surface area contributed by atoms with Crippen LogP contribution in [0.4, 0.5) is 0 Å². The highest BCUT2D eigenvalue weighted by molar-refractivity contribution is 6.06. The van der Waals surface area contributed by atoms with Crippen molar-refractivity contribution < 1.29 is 9.22 Å². The van der Waals surface area contributed by atoms with Crippen molar-refractivity contribution in [2.75, 3.05) is 0 Å². The predicted molar refractivity (Wildman–Crippen MR) is 93.5 cm³/mol. The average Bonchev–Trinajstić information content (AvgIpc) is 3.28. The van der Waals surface area contributed by atoms with Crippen LogP contribution in [0.1, 0.15) is 84.0 Å². The molecule has 0 bridgehead atoms. The van der Waals surface area contributed by atoms with Gasteiger partial charge in [-0.2, -0.15) is 0 Å². The summed E-state index contributed by atoms with van der Waals surface area (Å²) < 4.78 is 5.62. The van der Waals surface area contributed by atoms with Gasteiger partial charge in [0.15, 0.2) is 0 Å². The van der Waals surface area contributed by atoms with Crippen molar-refractivity contribution in [1.82, 2.24) is 0 Å². The number of rotatable bonds is 5. The number of hydrogen-bond acceptors (Lipinski definition) is 2. The second kappa shape index (κ2) is 7.07. The molecule has 3 aliphatic carbocycles. The third-order valence-electron chi connectivity index (χ3n) is 7.46. The smallest absolute Gasteiger partial charge is 0.298 e. The van der Waals surface area contributed by atoms with Gasteiger partial charge < -0.3 is 4.43 Å². The molecule has 0 amide bonds. The highest BCUT2D eigenvalue weighted by Crippen LogP contribution is 2.58. The molecular formula is C19H34O2Si. The van der Waals surface area contributed by atoms with Crippen LogP contribution in [0.25, 0.3) is 0 Å². The van der Waals surface area contributed by atoms with E-state index in [1.165, 1.54) is 77.0 Å². The van der Waals surface area contributed by atoms with Gasteiger partial charge in [-0.1, -0.05) is 58.3 Å². The normalized spacial score (nSPS) is 26.8. The minimum Gasteiger partial charge on any atom is -0.528 e. The first kappa shape index (κ1) is 16.5. The molecule has 0 aromatic rings. The molecule has 2 nitrogen and oxygen atoms in total. The zero-order valence-electron chi connectivity index (χ0n) is 14.6. The maximum Gasteiger partial charge on any atom is 0.298 e. The van der Waals surface area contributed by atoms with E-state index in [0.717, 1.165) is 5.92 Å². The lowest BCUT2D eigenvalue weighted by Crippen LogP contribution is -2.51. The van der Waals surface area contributed by atoms with Crippen molar-refractivity contribution in [2.24, 2.45) is 29.1 Å². The Kier molecular flexibility index (Phi) is 5.31. The Morgan fingerprint density at radius 2 is 1.32 bits per heavy atom. The summed E-state index contributed by atoms with van der Waals surface area (Å²) in [5.74, 6) is 2.71. The first-order valence-corrected chi connectivity index (χ1v) is 10.6. The number of hydrogen-bond donors (Lipinski definition) is 0. The lowest BCUT2D eigenvalue weighted by molar-refractivity contribution is -0.162. The van der Waals surface area contributed by atoms with E-state index in [1.807, 2.05) is 0 Å². The van der Waals surface area contributed by atoms with Crippen LogP contribution in [0.5, 0.6) is 0 Å². The quantitative estimate of drug-likeness (QED) is 0.715. The number of carbonyl (C=O) groups is 1. The van der Waals surface area contributed by atoms with Crippen molar-refractivity contribution in [3.8, 4) is 0 Å². The molecule has 0 aromatic carbocycles. The van der Waals surface area contributed by atoms with E-state index >= 15 is 0 Å². The molecule has 3 fully saturated rings. The third kappa shape index (κ3) is 2.68. The van der Waals surface area contributed by atoms with Crippen LogP contribution in [0.3, 0.4) is 0 Å². The van der Waals surface area contributed by atoms with Crippen LogP contribution in [0, 0.1) is 29.1 Å². The molecule has 126 valence electrons. The second-order valence-corrected chi connectivity index (χ2v) is 8.63. The zero-order valence-corrected chi connectivity index (χ0v) is 16.6. The van der Waals surface area contributed by atoms with E-state index in [1.54, 1.807) is 0 Å². The van der Waals surface area contributed by atoms with E-state index < -0.39 is 0 Å². The Labute approximate surface area is 139 Å². The zero-order chi connectivity index (χ0) is 15.6. The summed E-state index contributed by atoms with van der Waals surface area (Å²) in [6.45, 7) is 2.42. The van der Waals surface area contributed by atoms with Crippen molar-refractivity contribution in [3.63, 3.8) is 0 Å². The van der Waals surface area contributed by atoms with Gasteiger partial charge in [-0.3, -0.25) is 4.79 Å². The summed E-state index contributed by atoms with van der Waals surface area (Å²) in [4.78, 5) is 13.2. The van der Waals surface area contributed by atoms with E-state index in [2.05, 4.69) is 6.92 Å². The molecule has 0 saturated heterocycles. The standard InChI is InChI=1S/C19H34O2Si/c1-14(15-8-2-3-9-15)19(18(20)21-22,16-10-4-5-11-16)17-12-6-7-13-17/h14-17H,2-13H2,1,22H3. The highest BCUT2D eigenvalue weighted by Gasteiger charge is 2.57. The molecule has 0 spiro atoms. The fraction of sp³-hybridized carbons (Fsp3) is 0.947. The minimum absolute atomic E-state index is 0.135. The van der Waals surface area contributed by atoms with E-state index in [0.29, 0.717) is 28.2 Å². The maximum atomic E-state index is 13.2. The molecule has 22 heavy (non-hydrogen) atoms. The fourth-order valence-corrected chi connectivity index (χ4v) is 6.78. The molecule has 1 unspecified atom stereocenters. The van der Waals surface area contributed by atoms with Crippen LogP contribution in [0.2, 0.25) is 0 Å².